The topological polar surface area (TPSA) is 122 Å². The molecule has 0 radical (unpaired) electrons. The van der Waals surface area contributed by atoms with Crippen LogP contribution < -0.4 is 5.43 Å². The number of amides is 1. The van der Waals surface area contributed by atoms with Crippen molar-refractivity contribution in [3.05, 3.63) is 88.7 Å². The van der Waals surface area contributed by atoms with Crippen LogP contribution >= 0.6 is 27.7 Å². The third-order valence-corrected chi connectivity index (χ3v) is 6.01. The van der Waals surface area contributed by atoms with Crippen LogP contribution in [0.15, 0.2) is 87.8 Å². The van der Waals surface area contributed by atoms with E-state index in [4.69, 9.17) is 0 Å². The predicted octanol–water partition coefficient (Wildman–Crippen LogP) is 4.03. The minimum Gasteiger partial charge on any atom is -0.478 e. The van der Waals surface area contributed by atoms with Crippen molar-refractivity contribution in [2.45, 2.75) is 5.16 Å². The fourth-order valence-electron chi connectivity index (χ4n) is 3.01. The van der Waals surface area contributed by atoms with E-state index in [1.54, 1.807) is 30.6 Å². The molecule has 2 aromatic heterocycles. The van der Waals surface area contributed by atoms with Crippen molar-refractivity contribution in [3.63, 3.8) is 0 Å². The van der Waals surface area contributed by atoms with E-state index in [0.29, 0.717) is 16.5 Å². The van der Waals surface area contributed by atoms with E-state index in [0.717, 1.165) is 15.7 Å². The van der Waals surface area contributed by atoms with Gasteiger partial charge >= 0.3 is 5.97 Å². The van der Waals surface area contributed by atoms with Gasteiger partial charge in [-0.15, -0.1) is 10.2 Å². The highest BCUT2D eigenvalue weighted by atomic mass is 79.9. The van der Waals surface area contributed by atoms with Gasteiger partial charge in [0.05, 0.1) is 17.5 Å². The molecule has 1 amide bonds. The van der Waals surface area contributed by atoms with Crippen LogP contribution in [0.3, 0.4) is 0 Å². The summed E-state index contributed by atoms with van der Waals surface area (Å²) in [7, 11) is 0. The second-order valence-electron chi connectivity index (χ2n) is 6.83. The summed E-state index contributed by atoms with van der Waals surface area (Å²) >= 11 is 4.64. The number of carbonyl (C=O) groups is 2. The zero-order valence-corrected chi connectivity index (χ0v) is 19.9. The highest BCUT2D eigenvalue weighted by Crippen LogP contribution is 2.28. The molecule has 170 valence electrons. The van der Waals surface area contributed by atoms with Crippen molar-refractivity contribution in [1.82, 2.24) is 25.2 Å². The minimum atomic E-state index is -1.07. The summed E-state index contributed by atoms with van der Waals surface area (Å²) in [6.07, 6.45) is 4.68. The van der Waals surface area contributed by atoms with Crippen molar-refractivity contribution in [3.8, 4) is 17.1 Å². The molecular weight excluding hydrogens is 520 g/mol. The molecule has 0 bridgehead atoms. The van der Waals surface area contributed by atoms with Gasteiger partial charge in [0.25, 0.3) is 5.91 Å². The number of rotatable bonds is 8. The summed E-state index contributed by atoms with van der Waals surface area (Å²) in [6.45, 7) is 0. The molecule has 0 saturated heterocycles. The third-order valence-electron chi connectivity index (χ3n) is 4.55. The summed E-state index contributed by atoms with van der Waals surface area (Å²) in [5.41, 5.74) is 4.52. The van der Waals surface area contributed by atoms with Crippen LogP contribution in [-0.4, -0.2) is 48.7 Å². The Kier molecular flexibility index (Phi) is 7.45. The van der Waals surface area contributed by atoms with E-state index < -0.39 is 5.97 Å². The number of benzene rings is 2. The molecule has 0 aliphatic heterocycles. The van der Waals surface area contributed by atoms with Gasteiger partial charge in [-0.05, 0) is 42.5 Å². The molecule has 0 fully saturated rings. The highest BCUT2D eigenvalue weighted by molar-refractivity contribution is 9.10. The number of thioether (sulfide) groups is 1. The molecule has 0 atom stereocenters. The lowest BCUT2D eigenvalue weighted by atomic mass is 10.1. The Bertz CT molecular complexity index is 1340. The van der Waals surface area contributed by atoms with Gasteiger partial charge < -0.3 is 5.11 Å². The maximum absolute atomic E-state index is 12.4. The third kappa shape index (κ3) is 5.56. The van der Waals surface area contributed by atoms with Crippen molar-refractivity contribution >= 4 is 45.8 Å². The van der Waals surface area contributed by atoms with Crippen LogP contribution in [0.4, 0.5) is 0 Å². The molecule has 11 heteroatoms. The van der Waals surface area contributed by atoms with Crippen molar-refractivity contribution < 1.29 is 14.7 Å². The number of hydrogen-bond donors (Lipinski definition) is 2. The van der Waals surface area contributed by atoms with E-state index in [-0.39, 0.29) is 17.2 Å². The molecular formula is C23H17BrN6O3S. The van der Waals surface area contributed by atoms with Crippen LogP contribution in [0.2, 0.25) is 0 Å². The van der Waals surface area contributed by atoms with Gasteiger partial charge in [0, 0.05) is 33.7 Å². The zero-order valence-electron chi connectivity index (χ0n) is 17.5. The number of aromatic carboxylic acids is 1. The Labute approximate surface area is 207 Å². The normalized spacial score (nSPS) is 11.0. The van der Waals surface area contributed by atoms with Gasteiger partial charge in [-0.3, -0.25) is 14.3 Å². The number of hydrogen-bond acceptors (Lipinski definition) is 7. The Balaban J connectivity index is 1.50. The number of carboxylic acid groups (broad SMARTS) is 1. The molecule has 4 aromatic rings. The van der Waals surface area contributed by atoms with E-state index >= 15 is 0 Å². The molecule has 2 heterocycles. The first-order valence-electron chi connectivity index (χ1n) is 9.91. The Hall–Kier alpha value is -3.83. The van der Waals surface area contributed by atoms with Crippen LogP contribution in [0.5, 0.6) is 0 Å². The first-order valence-corrected chi connectivity index (χ1v) is 11.7. The summed E-state index contributed by atoms with van der Waals surface area (Å²) in [5, 5.41) is 22.2. The summed E-state index contributed by atoms with van der Waals surface area (Å²) < 4.78 is 2.79. The molecule has 4 rings (SSSR count). The van der Waals surface area contributed by atoms with Crippen LogP contribution in [0.25, 0.3) is 17.1 Å². The number of hydrazone groups is 1. The van der Waals surface area contributed by atoms with Gasteiger partial charge in [-0.2, -0.15) is 5.10 Å². The lowest BCUT2D eigenvalue weighted by Gasteiger charge is -2.10. The van der Waals surface area contributed by atoms with Crippen molar-refractivity contribution in [2.24, 2.45) is 5.10 Å². The lowest BCUT2D eigenvalue weighted by Crippen LogP contribution is -2.20. The van der Waals surface area contributed by atoms with Crippen LogP contribution in [0, 0.1) is 0 Å². The quantitative estimate of drug-likeness (QED) is 0.198. The summed E-state index contributed by atoms with van der Waals surface area (Å²) in [6, 6.07) is 17.7. The fraction of sp³-hybridized carbons (Fsp3) is 0.0435. The van der Waals surface area contributed by atoms with Gasteiger partial charge in [0.2, 0.25) is 0 Å². The monoisotopic (exact) mass is 536 g/mol. The average Bonchev–Trinajstić information content (AvgIpc) is 3.28. The molecule has 0 spiro atoms. The molecule has 34 heavy (non-hydrogen) atoms. The highest BCUT2D eigenvalue weighted by Gasteiger charge is 2.17. The van der Waals surface area contributed by atoms with Gasteiger partial charge in [0.1, 0.15) is 0 Å². The van der Waals surface area contributed by atoms with E-state index in [1.165, 1.54) is 24.0 Å². The number of carbonyl (C=O) groups excluding carboxylic acids is 1. The zero-order chi connectivity index (χ0) is 23.9. The Morgan fingerprint density at radius 2 is 1.88 bits per heavy atom. The number of carboxylic acids is 1. The summed E-state index contributed by atoms with van der Waals surface area (Å²) in [4.78, 5) is 27.8. The minimum absolute atomic E-state index is 0.0274. The van der Waals surface area contributed by atoms with Crippen LogP contribution in [0.1, 0.15) is 15.9 Å². The molecule has 2 aromatic carbocycles. The molecule has 9 nitrogen and oxygen atoms in total. The first kappa shape index (κ1) is 23.3. The van der Waals surface area contributed by atoms with Gasteiger partial charge in [-0.1, -0.05) is 45.9 Å². The molecule has 0 aliphatic rings. The maximum Gasteiger partial charge on any atom is 0.336 e. The summed E-state index contributed by atoms with van der Waals surface area (Å²) in [5.74, 6) is -0.816. The lowest BCUT2D eigenvalue weighted by molar-refractivity contribution is -0.118. The number of nitrogens with zero attached hydrogens (tertiary/aromatic N) is 5. The predicted molar refractivity (Wildman–Crippen MR) is 132 cm³/mol. The second-order valence-corrected chi connectivity index (χ2v) is 8.69. The SMILES string of the molecule is O=C(CSc1nnc(-c2cccnc2)n1-c1ccc(Br)cc1)NN=Cc1ccccc1C(=O)O. The largest absolute Gasteiger partial charge is 0.478 e. The van der Waals surface area contributed by atoms with E-state index in [1.807, 2.05) is 41.0 Å². The molecule has 0 aliphatic carbocycles. The first-order chi connectivity index (χ1) is 16.5. The van der Waals surface area contributed by atoms with Gasteiger partial charge in [0.15, 0.2) is 11.0 Å². The van der Waals surface area contributed by atoms with Crippen molar-refractivity contribution in [1.29, 1.82) is 0 Å². The smallest absolute Gasteiger partial charge is 0.336 e. The van der Waals surface area contributed by atoms with E-state index in [9.17, 15) is 14.7 Å². The number of halogens is 1. The maximum atomic E-state index is 12.4. The van der Waals surface area contributed by atoms with Crippen LogP contribution in [-0.2, 0) is 4.79 Å². The Morgan fingerprint density at radius 3 is 2.62 bits per heavy atom. The number of pyridine rings is 1. The molecule has 0 unspecified atom stereocenters. The van der Waals surface area contributed by atoms with Gasteiger partial charge in [-0.25, -0.2) is 10.2 Å². The molecule has 2 N–H and O–H groups in total. The second kappa shape index (κ2) is 10.9. The Morgan fingerprint density at radius 1 is 1.09 bits per heavy atom. The van der Waals surface area contributed by atoms with E-state index in [2.05, 4.69) is 41.6 Å². The fourth-order valence-corrected chi connectivity index (χ4v) is 4.02. The van der Waals surface area contributed by atoms with Crippen molar-refractivity contribution in [2.75, 3.05) is 5.75 Å². The molecule has 0 saturated carbocycles. The average molecular weight is 537 g/mol. The standard InChI is InChI=1S/C23H17BrN6O3S/c24-17-7-9-18(10-8-17)30-21(16-5-3-11-25-12-16)28-29-23(30)34-14-20(31)27-26-13-15-4-1-2-6-19(15)22(32)33/h1-13H,14H2,(H,27,31)(H,32,33). The number of aromatic nitrogens is 4. The number of nitrogens with one attached hydrogen (secondary N) is 1.